The highest BCUT2D eigenvalue weighted by atomic mass is 16.3. The van der Waals surface area contributed by atoms with E-state index in [1.54, 1.807) is 13.8 Å². The lowest BCUT2D eigenvalue weighted by atomic mass is 9.96. The summed E-state index contributed by atoms with van der Waals surface area (Å²) in [5.74, 6) is 0.850. The molecule has 0 aliphatic rings. The number of anilines is 1. The highest BCUT2D eigenvalue weighted by Gasteiger charge is 2.15. The first-order valence-corrected chi connectivity index (χ1v) is 5.31. The lowest BCUT2D eigenvalue weighted by Crippen LogP contribution is -2.15. The molecule has 0 saturated heterocycles. The fourth-order valence-electron chi connectivity index (χ4n) is 1.66. The molecular weight excluding hydrogens is 200 g/mol. The Kier molecular flexibility index (Phi) is 2.56. The summed E-state index contributed by atoms with van der Waals surface area (Å²) in [5, 5.41) is 15.1. The van der Waals surface area contributed by atoms with Gasteiger partial charge in [0, 0.05) is 18.6 Å². The number of aromatic nitrogens is 1. The van der Waals surface area contributed by atoms with Crippen molar-refractivity contribution in [2.24, 2.45) is 0 Å². The molecule has 0 amide bonds. The third kappa shape index (κ3) is 1.99. The Bertz CT molecular complexity index is 515. The van der Waals surface area contributed by atoms with Gasteiger partial charge in [-0.2, -0.15) is 0 Å². The molecule has 2 N–H and O–H groups in total. The Morgan fingerprint density at radius 3 is 2.56 bits per heavy atom. The highest BCUT2D eigenvalue weighted by molar-refractivity contribution is 5.84. The number of fused-ring (bicyclic) bond motifs is 1. The second-order valence-corrected chi connectivity index (χ2v) is 4.44. The van der Waals surface area contributed by atoms with Crippen molar-refractivity contribution in [1.29, 1.82) is 0 Å². The number of nitrogens with zero attached hydrogens (tertiary/aromatic N) is 1. The van der Waals surface area contributed by atoms with Crippen molar-refractivity contribution in [3.63, 3.8) is 0 Å². The number of aliphatic hydroxyl groups is 1. The molecule has 16 heavy (non-hydrogen) atoms. The second kappa shape index (κ2) is 3.76. The van der Waals surface area contributed by atoms with E-state index in [1.165, 1.54) is 0 Å². The first-order chi connectivity index (χ1) is 7.50. The molecule has 0 aliphatic carbocycles. The van der Waals surface area contributed by atoms with Crippen molar-refractivity contribution in [1.82, 2.24) is 4.98 Å². The zero-order valence-corrected chi connectivity index (χ0v) is 9.78. The summed E-state index contributed by atoms with van der Waals surface area (Å²) in [5.41, 5.74) is 0.0922. The van der Waals surface area contributed by atoms with E-state index in [9.17, 15) is 5.11 Å². The van der Waals surface area contributed by atoms with E-state index in [2.05, 4.69) is 10.3 Å². The van der Waals surface area contributed by atoms with Gasteiger partial charge in [-0.25, -0.2) is 4.98 Å². The van der Waals surface area contributed by atoms with Gasteiger partial charge in [-0.05, 0) is 36.9 Å². The van der Waals surface area contributed by atoms with E-state index in [-0.39, 0.29) is 0 Å². The number of hydrogen-bond acceptors (Lipinski definition) is 3. The van der Waals surface area contributed by atoms with E-state index in [0.717, 1.165) is 22.2 Å². The van der Waals surface area contributed by atoms with E-state index >= 15 is 0 Å². The van der Waals surface area contributed by atoms with Gasteiger partial charge in [0.2, 0.25) is 0 Å². The Morgan fingerprint density at radius 1 is 1.19 bits per heavy atom. The van der Waals surface area contributed by atoms with E-state index in [0.29, 0.717) is 0 Å². The third-order valence-electron chi connectivity index (χ3n) is 2.68. The van der Waals surface area contributed by atoms with Crippen LogP contribution >= 0.6 is 0 Å². The maximum atomic E-state index is 9.92. The molecule has 0 fully saturated rings. The SMILES string of the molecule is CNc1cc2ccc(C(C)(C)O)cc2cn1. The first-order valence-electron chi connectivity index (χ1n) is 5.31. The second-order valence-electron chi connectivity index (χ2n) is 4.44. The molecule has 1 aromatic heterocycles. The lowest BCUT2D eigenvalue weighted by molar-refractivity contribution is 0.0787. The smallest absolute Gasteiger partial charge is 0.126 e. The summed E-state index contributed by atoms with van der Waals surface area (Å²) >= 11 is 0. The van der Waals surface area contributed by atoms with E-state index < -0.39 is 5.60 Å². The molecule has 2 rings (SSSR count). The van der Waals surface area contributed by atoms with Crippen LogP contribution in [0.4, 0.5) is 5.82 Å². The average molecular weight is 216 g/mol. The molecule has 0 atom stereocenters. The van der Waals surface area contributed by atoms with Crippen molar-refractivity contribution in [2.45, 2.75) is 19.4 Å². The van der Waals surface area contributed by atoms with Crippen molar-refractivity contribution in [2.75, 3.05) is 12.4 Å². The van der Waals surface area contributed by atoms with Crippen LogP contribution in [0.15, 0.2) is 30.5 Å². The van der Waals surface area contributed by atoms with Gasteiger partial charge in [0.25, 0.3) is 0 Å². The zero-order valence-electron chi connectivity index (χ0n) is 9.78. The van der Waals surface area contributed by atoms with Crippen LogP contribution < -0.4 is 5.32 Å². The molecule has 0 saturated carbocycles. The molecule has 0 aliphatic heterocycles. The minimum Gasteiger partial charge on any atom is -0.386 e. The molecule has 1 heterocycles. The fraction of sp³-hybridized carbons (Fsp3) is 0.308. The molecule has 0 spiro atoms. The quantitative estimate of drug-likeness (QED) is 0.810. The third-order valence-corrected chi connectivity index (χ3v) is 2.68. The van der Waals surface area contributed by atoms with E-state index in [1.807, 2.05) is 37.5 Å². The molecule has 0 unspecified atom stereocenters. The Labute approximate surface area is 95.1 Å². The van der Waals surface area contributed by atoms with Gasteiger partial charge < -0.3 is 10.4 Å². The summed E-state index contributed by atoms with van der Waals surface area (Å²) in [6.07, 6.45) is 1.82. The zero-order chi connectivity index (χ0) is 11.8. The maximum absolute atomic E-state index is 9.92. The summed E-state index contributed by atoms with van der Waals surface area (Å²) in [7, 11) is 1.85. The van der Waals surface area contributed by atoms with Crippen molar-refractivity contribution < 1.29 is 5.11 Å². The average Bonchev–Trinajstić information content (AvgIpc) is 2.26. The summed E-state index contributed by atoms with van der Waals surface area (Å²) in [4.78, 5) is 4.26. The molecular formula is C13H16N2O. The highest BCUT2D eigenvalue weighted by Crippen LogP contribution is 2.24. The van der Waals surface area contributed by atoms with Crippen LogP contribution in [0.5, 0.6) is 0 Å². The Balaban J connectivity index is 2.56. The normalized spacial score (nSPS) is 11.8. The molecule has 0 bridgehead atoms. The van der Waals surface area contributed by atoms with Gasteiger partial charge in [0.1, 0.15) is 5.82 Å². The van der Waals surface area contributed by atoms with Crippen LogP contribution in [-0.2, 0) is 5.60 Å². The molecule has 3 heteroatoms. The lowest BCUT2D eigenvalue weighted by Gasteiger charge is -2.18. The molecule has 0 radical (unpaired) electrons. The topological polar surface area (TPSA) is 45.1 Å². The summed E-state index contributed by atoms with van der Waals surface area (Å²) in [6.45, 7) is 3.56. The molecule has 3 nitrogen and oxygen atoms in total. The molecule has 2 aromatic rings. The minimum atomic E-state index is -0.810. The van der Waals surface area contributed by atoms with Crippen LogP contribution in [-0.4, -0.2) is 17.1 Å². The van der Waals surface area contributed by atoms with Gasteiger partial charge in [0.15, 0.2) is 0 Å². The predicted molar refractivity (Wildman–Crippen MR) is 66.5 cm³/mol. The Hall–Kier alpha value is -1.61. The van der Waals surface area contributed by atoms with Crippen LogP contribution in [0.1, 0.15) is 19.4 Å². The standard InChI is InChI=1S/C13H16N2O/c1-13(2,16)11-5-4-9-7-12(14-3)15-8-10(9)6-11/h4-8,16H,1-3H3,(H,14,15). The van der Waals surface area contributed by atoms with Gasteiger partial charge >= 0.3 is 0 Å². The largest absolute Gasteiger partial charge is 0.386 e. The van der Waals surface area contributed by atoms with E-state index in [4.69, 9.17) is 0 Å². The number of nitrogens with one attached hydrogen (secondary N) is 1. The van der Waals surface area contributed by atoms with Crippen molar-refractivity contribution in [3.05, 3.63) is 36.0 Å². The molecule has 1 aromatic carbocycles. The Morgan fingerprint density at radius 2 is 1.94 bits per heavy atom. The number of rotatable bonds is 2. The van der Waals surface area contributed by atoms with Gasteiger partial charge in [0.05, 0.1) is 5.60 Å². The van der Waals surface area contributed by atoms with Gasteiger partial charge in [-0.1, -0.05) is 12.1 Å². The van der Waals surface area contributed by atoms with Gasteiger partial charge in [-0.15, -0.1) is 0 Å². The van der Waals surface area contributed by atoms with Crippen molar-refractivity contribution >= 4 is 16.6 Å². The maximum Gasteiger partial charge on any atom is 0.126 e. The van der Waals surface area contributed by atoms with Gasteiger partial charge in [-0.3, -0.25) is 0 Å². The first kappa shape index (κ1) is 10.9. The van der Waals surface area contributed by atoms with Crippen LogP contribution in [0.3, 0.4) is 0 Å². The summed E-state index contributed by atoms with van der Waals surface area (Å²) in [6, 6.07) is 7.91. The minimum absolute atomic E-state index is 0.810. The molecule has 84 valence electrons. The number of benzene rings is 1. The van der Waals surface area contributed by atoms with Crippen LogP contribution in [0.25, 0.3) is 10.8 Å². The number of pyridine rings is 1. The fourth-order valence-corrected chi connectivity index (χ4v) is 1.66. The van der Waals surface area contributed by atoms with Crippen LogP contribution in [0.2, 0.25) is 0 Å². The number of hydrogen-bond donors (Lipinski definition) is 2. The summed E-state index contributed by atoms with van der Waals surface area (Å²) < 4.78 is 0. The monoisotopic (exact) mass is 216 g/mol. The van der Waals surface area contributed by atoms with Crippen molar-refractivity contribution in [3.8, 4) is 0 Å². The predicted octanol–water partition coefficient (Wildman–Crippen LogP) is 2.50. The van der Waals surface area contributed by atoms with Crippen LogP contribution in [0, 0.1) is 0 Å².